The summed E-state index contributed by atoms with van der Waals surface area (Å²) in [5.41, 5.74) is 2.49. The van der Waals surface area contributed by atoms with Crippen LogP contribution in [-0.4, -0.2) is 35.2 Å². The zero-order valence-electron chi connectivity index (χ0n) is 12.1. The van der Waals surface area contributed by atoms with Gasteiger partial charge in [-0.05, 0) is 12.2 Å². The lowest BCUT2D eigenvalue weighted by Crippen LogP contribution is -2.28. The number of anilines is 2. The number of nitrogens with two attached hydrogens (primary N) is 1. The molecule has 0 aromatic carbocycles. The molecule has 0 spiro atoms. The second-order valence-electron chi connectivity index (χ2n) is 4.64. The lowest BCUT2D eigenvalue weighted by molar-refractivity contribution is -0.120. The molecule has 20 heavy (non-hydrogen) atoms. The molecule has 0 aliphatic rings. The summed E-state index contributed by atoms with van der Waals surface area (Å²) in [5.74, 6) is 7.02. The Labute approximate surface area is 123 Å². The number of carbonyl (C=O) groups excluding carboxylic acids is 1. The van der Waals surface area contributed by atoms with Gasteiger partial charge in [-0.25, -0.2) is 15.8 Å². The number of thioether (sulfide) groups is 1. The molecule has 0 radical (unpaired) electrons. The van der Waals surface area contributed by atoms with Gasteiger partial charge in [-0.1, -0.05) is 25.6 Å². The van der Waals surface area contributed by atoms with Gasteiger partial charge < -0.3 is 16.1 Å². The standard InChI is InChI=1S/C12H22N6OS/c1-8(2)7-15-11(19)4-5-14-9-6-10(18-13)17-12(16-9)20-3/h6,8H,4-5,7,13H2,1-3H3,(H,15,19)(H2,14,16,17,18). The maximum absolute atomic E-state index is 11.6. The molecule has 1 aromatic rings. The second-order valence-corrected chi connectivity index (χ2v) is 5.42. The van der Waals surface area contributed by atoms with Crippen molar-refractivity contribution in [3.8, 4) is 0 Å². The number of hydrogen-bond donors (Lipinski definition) is 4. The number of hydrogen-bond acceptors (Lipinski definition) is 7. The van der Waals surface area contributed by atoms with Gasteiger partial charge in [-0.3, -0.25) is 4.79 Å². The number of nitrogens with zero attached hydrogens (tertiary/aromatic N) is 2. The van der Waals surface area contributed by atoms with Crippen molar-refractivity contribution in [1.29, 1.82) is 0 Å². The molecule has 0 atom stereocenters. The summed E-state index contributed by atoms with van der Waals surface area (Å²) in [7, 11) is 0. The smallest absolute Gasteiger partial charge is 0.221 e. The molecule has 112 valence electrons. The number of amides is 1. The third-order valence-electron chi connectivity index (χ3n) is 2.40. The molecule has 1 aromatic heterocycles. The van der Waals surface area contributed by atoms with E-state index >= 15 is 0 Å². The van der Waals surface area contributed by atoms with E-state index in [1.807, 2.05) is 6.26 Å². The van der Waals surface area contributed by atoms with Gasteiger partial charge >= 0.3 is 0 Å². The molecule has 1 heterocycles. The minimum atomic E-state index is 0.0301. The van der Waals surface area contributed by atoms with E-state index in [0.717, 1.165) is 0 Å². The van der Waals surface area contributed by atoms with E-state index in [2.05, 4.69) is 39.9 Å². The van der Waals surface area contributed by atoms with Gasteiger partial charge in [0.2, 0.25) is 5.91 Å². The molecule has 8 heteroatoms. The van der Waals surface area contributed by atoms with E-state index in [0.29, 0.717) is 42.2 Å². The molecule has 0 saturated heterocycles. The fourth-order valence-electron chi connectivity index (χ4n) is 1.39. The van der Waals surface area contributed by atoms with E-state index in [1.165, 1.54) is 11.8 Å². The predicted molar refractivity (Wildman–Crippen MR) is 82.6 cm³/mol. The Balaban J connectivity index is 2.43. The lowest BCUT2D eigenvalue weighted by atomic mass is 10.2. The van der Waals surface area contributed by atoms with Crippen molar-refractivity contribution in [2.75, 3.05) is 30.1 Å². The Bertz CT molecular complexity index is 418. The molecule has 0 fully saturated rings. The van der Waals surface area contributed by atoms with E-state index in [4.69, 9.17) is 5.84 Å². The van der Waals surface area contributed by atoms with Gasteiger partial charge in [0.1, 0.15) is 11.6 Å². The maximum atomic E-state index is 11.6. The fourth-order valence-corrected chi connectivity index (χ4v) is 1.77. The van der Waals surface area contributed by atoms with Crippen LogP contribution in [0.15, 0.2) is 11.2 Å². The van der Waals surface area contributed by atoms with Crippen LogP contribution in [0.2, 0.25) is 0 Å². The molecular formula is C12H22N6OS. The zero-order chi connectivity index (χ0) is 15.0. The molecule has 1 rings (SSSR count). The summed E-state index contributed by atoms with van der Waals surface area (Å²) in [6, 6.07) is 1.70. The Hall–Kier alpha value is -1.54. The van der Waals surface area contributed by atoms with Crippen LogP contribution in [0.4, 0.5) is 11.6 Å². The molecule has 0 unspecified atom stereocenters. The van der Waals surface area contributed by atoms with Crippen LogP contribution in [-0.2, 0) is 4.79 Å². The topological polar surface area (TPSA) is 105 Å². The van der Waals surface area contributed by atoms with Crippen molar-refractivity contribution < 1.29 is 4.79 Å². The molecule has 0 bridgehead atoms. The van der Waals surface area contributed by atoms with Crippen LogP contribution in [0.3, 0.4) is 0 Å². The highest BCUT2D eigenvalue weighted by molar-refractivity contribution is 7.98. The average molecular weight is 298 g/mol. The van der Waals surface area contributed by atoms with Crippen molar-refractivity contribution in [3.05, 3.63) is 6.07 Å². The van der Waals surface area contributed by atoms with Crippen molar-refractivity contribution in [2.45, 2.75) is 25.4 Å². The summed E-state index contributed by atoms with van der Waals surface area (Å²) in [4.78, 5) is 20.0. The minimum Gasteiger partial charge on any atom is -0.369 e. The minimum absolute atomic E-state index is 0.0301. The molecule has 0 aliphatic carbocycles. The molecule has 0 aliphatic heterocycles. The molecular weight excluding hydrogens is 276 g/mol. The van der Waals surface area contributed by atoms with E-state index in [-0.39, 0.29) is 5.91 Å². The maximum Gasteiger partial charge on any atom is 0.221 e. The third kappa shape index (κ3) is 6.07. The molecule has 5 N–H and O–H groups in total. The first-order valence-corrected chi connectivity index (χ1v) is 7.68. The predicted octanol–water partition coefficient (Wildman–Crippen LogP) is 1.06. The second kappa shape index (κ2) is 8.60. The SMILES string of the molecule is CSc1nc(NN)cc(NCCC(=O)NCC(C)C)n1. The zero-order valence-corrected chi connectivity index (χ0v) is 12.9. The fraction of sp³-hybridized carbons (Fsp3) is 0.583. The lowest BCUT2D eigenvalue weighted by Gasteiger charge is -2.10. The Morgan fingerprint density at radius 3 is 2.70 bits per heavy atom. The van der Waals surface area contributed by atoms with Gasteiger partial charge in [0.05, 0.1) is 0 Å². The summed E-state index contributed by atoms with van der Waals surface area (Å²) in [6.07, 6.45) is 2.29. The van der Waals surface area contributed by atoms with Gasteiger partial charge in [0.15, 0.2) is 5.16 Å². The van der Waals surface area contributed by atoms with Gasteiger partial charge in [-0.15, -0.1) is 0 Å². The quantitative estimate of drug-likeness (QED) is 0.246. The van der Waals surface area contributed by atoms with Crippen LogP contribution >= 0.6 is 11.8 Å². The van der Waals surface area contributed by atoms with Crippen molar-refractivity contribution in [1.82, 2.24) is 15.3 Å². The van der Waals surface area contributed by atoms with Crippen LogP contribution in [0.25, 0.3) is 0 Å². The monoisotopic (exact) mass is 298 g/mol. The average Bonchev–Trinajstić information content (AvgIpc) is 2.44. The normalized spacial score (nSPS) is 10.4. The summed E-state index contributed by atoms with van der Waals surface area (Å²) >= 11 is 1.43. The largest absolute Gasteiger partial charge is 0.369 e. The number of nitrogen functional groups attached to an aromatic ring is 1. The first-order chi connectivity index (χ1) is 9.55. The van der Waals surface area contributed by atoms with Crippen molar-refractivity contribution in [2.24, 2.45) is 11.8 Å². The van der Waals surface area contributed by atoms with Crippen molar-refractivity contribution >= 4 is 29.3 Å². The highest BCUT2D eigenvalue weighted by Gasteiger charge is 2.05. The Kier molecular flexibility index (Phi) is 7.10. The summed E-state index contributed by atoms with van der Waals surface area (Å²) in [6.45, 7) is 5.33. The van der Waals surface area contributed by atoms with Crippen molar-refractivity contribution in [3.63, 3.8) is 0 Å². The Morgan fingerprint density at radius 1 is 1.40 bits per heavy atom. The van der Waals surface area contributed by atoms with E-state index < -0.39 is 0 Å². The Morgan fingerprint density at radius 2 is 2.10 bits per heavy atom. The highest BCUT2D eigenvalue weighted by Crippen LogP contribution is 2.16. The van der Waals surface area contributed by atoms with Crippen LogP contribution in [0.5, 0.6) is 0 Å². The third-order valence-corrected chi connectivity index (χ3v) is 2.95. The van der Waals surface area contributed by atoms with Crippen LogP contribution in [0, 0.1) is 5.92 Å². The first kappa shape index (κ1) is 16.5. The number of hydrazine groups is 1. The number of aromatic nitrogens is 2. The molecule has 7 nitrogen and oxygen atoms in total. The van der Waals surface area contributed by atoms with E-state index in [9.17, 15) is 4.79 Å². The van der Waals surface area contributed by atoms with Gasteiger partial charge in [0.25, 0.3) is 0 Å². The van der Waals surface area contributed by atoms with Gasteiger partial charge in [0, 0.05) is 25.6 Å². The first-order valence-electron chi connectivity index (χ1n) is 6.45. The highest BCUT2D eigenvalue weighted by atomic mass is 32.2. The summed E-state index contributed by atoms with van der Waals surface area (Å²) < 4.78 is 0. The molecule has 0 saturated carbocycles. The summed E-state index contributed by atoms with van der Waals surface area (Å²) in [5, 5.41) is 6.57. The molecule has 1 amide bonds. The van der Waals surface area contributed by atoms with Gasteiger partial charge in [-0.2, -0.15) is 0 Å². The van der Waals surface area contributed by atoms with Crippen LogP contribution in [0.1, 0.15) is 20.3 Å². The van der Waals surface area contributed by atoms with Crippen LogP contribution < -0.4 is 21.9 Å². The number of nitrogens with one attached hydrogen (secondary N) is 3. The van der Waals surface area contributed by atoms with E-state index in [1.54, 1.807) is 6.07 Å². The number of rotatable bonds is 8. The number of carbonyl (C=O) groups is 1.